The van der Waals surface area contributed by atoms with E-state index in [1.807, 2.05) is 0 Å². The van der Waals surface area contributed by atoms with Crippen LogP contribution in [0.2, 0.25) is 0 Å². The van der Waals surface area contributed by atoms with Crippen molar-refractivity contribution in [2.24, 2.45) is 0 Å². The molecule has 8 N–H and O–H groups in total. The summed E-state index contributed by atoms with van der Waals surface area (Å²) in [7, 11) is 0. The molecule has 3 rings (SSSR count). The van der Waals surface area contributed by atoms with E-state index in [4.69, 9.17) is 0 Å². The lowest BCUT2D eigenvalue weighted by molar-refractivity contribution is -0.0819. The van der Waals surface area contributed by atoms with E-state index < -0.39 is 48.0 Å². The summed E-state index contributed by atoms with van der Waals surface area (Å²) in [5.74, 6) is -2.20. The number of anilines is 2. The topological polar surface area (TPSA) is 186 Å². The van der Waals surface area contributed by atoms with Gasteiger partial charge in [-0.05, 0) is 52.0 Å². The zero-order valence-corrected chi connectivity index (χ0v) is 24.3. The first-order valence-electron chi connectivity index (χ1n) is 12.4. The van der Waals surface area contributed by atoms with Crippen molar-refractivity contribution >= 4 is 47.8 Å². The molecule has 12 nitrogen and oxygen atoms in total. The monoisotopic (exact) mass is 604 g/mol. The maximum absolute atomic E-state index is 13.6. The molecule has 4 atom stereocenters. The molecular formula is C26H38Cl2N4O8. The number of halogens is 2. The van der Waals surface area contributed by atoms with Gasteiger partial charge in [-0.1, -0.05) is 0 Å². The number of carbonyl (C=O) groups excluding carboxylic acids is 2. The largest absolute Gasteiger partial charge is 0.507 e. The van der Waals surface area contributed by atoms with Gasteiger partial charge in [0.25, 0.3) is 0 Å². The molecule has 1 aliphatic rings. The van der Waals surface area contributed by atoms with Crippen LogP contribution in [0.25, 0.3) is 0 Å². The van der Waals surface area contributed by atoms with Crippen LogP contribution >= 0.6 is 24.8 Å². The molecule has 0 radical (unpaired) electrons. The Balaban J connectivity index is 0.00000400. The van der Waals surface area contributed by atoms with Gasteiger partial charge in [-0.25, -0.2) is 0 Å². The van der Waals surface area contributed by atoms with Gasteiger partial charge in [0.1, 0.15) is 36.4 Å². The van der Waals surface area contributed by atoms with Gasteiger partial charge in [0.05, 0.1) is 22.3 Å². The molecule has 224 valence electrons. The lowest BCUT2D eigenvalue weighted by atomic mass is 9.81. The van der Waals surface area contributed by atoms with Crippen molar-refractivity contribution in [3.8, 4) is 11.5 Å². The third-order valence-electron chi connectivity index (χ3n) is 6.57. The van der Waals surface area contributed by atoms with E-state index in [1.165, 1.54) is 37.5 Å². The molecule has 2 aromatic carbocycles. The zero-order valence-electron chi connectivity index (χ0n) is 22.7. The molecule has 2 aromatic rings. The highest BCUT2D eigenvalue weighted by atomic mass is 35.5. The van der Waals surface area contributed by atoms with Gasteiger partial charge < -0.3 is 41.3 Å². The Labute approximate surface area is 245 Å². The Kier molecular flexibility index (Phi) is 13.1. The number of nitrogens with one attached hydrogen (secondary N) is 2. The minimum atomic E-state index is -0.921. The Morgan fingerprint density at radius 3 is 1.18 bits per heavy atom. The Morgan fingerprint density at radius 2 is 0.900 bits per heavy atom. The molecule has 0 aromatic heterocycles. The molecule has 0 spiro atoms. The predicted octanol–water partition coefficient (Wildman–Crippen LogP) is 1.50. The number of carbonyl (C=O) groups is 2. The van der Waals surface area contributed by atoms with E-state index in [0.29, 0.717) is 11.4 Å². The summed E-state index contributed by atoms with van der Waals surface area (Å²) in [6.45, 7) is 6.88. The first-order chi connectivity index (χ1) is 17.9. The van der Waals surface area contributed by atoms with E-state index in [0.717, 1.165) is 12.1 Å². The highest BCUT2D eigenvalue weighted by molar-refractivity contribution is 6.33. The van der Waals surface area contributed by atoms with Gasteiger partial charge in [-0.15, -0.1) is 24.8 Å². The molecule has 0 heterocycles. The Bertz CT molecular complexity index is 1090. The van der Waals surface area contributed by atoms with E-state index in [1.54, 1.807) is 12.1 Å². The van der Waals surface area contributed by atoms with Crippen molar-refractivity contribution in [1.29, 1.82) is 0 Å². The van der Waals surface area contributed by atoms with Crippen molar-refractivity contribution in [3.05, 3.63) is 46.5 Å². The number of aliphatic hydroxyl groups excluding tert-OH is 4. The molecule has 0 saturated heterocycles. The molecule has 14 heteroatoms. The summed E-state index contributed by atoms with van der Waals surface area (Å²) < 4.78 is 0. The number of hydrogen-bond donors (Lipinski definition) is 8. The van der Waals surface area contributed by atoms with Crippen LogP contribution in [0.3, 0.4) is 0 Å². The fraction of sp³-hybridized carbons (Fsp3) is 0.462. The number of aromatic hydroxyl groups is 2. The summed E-state index contributed by atoms with van der Waals surface area (Å²) in [4.78, 5) is 30.1. The number of phenolic OH excluding ortho intramolecular Hbond substituents is 2. The zero-order chi connectivity index (χ0) is 28.3. The van der Waals surface area contributed by atoms with Gasteiger partial charge in [-0.2, -0.15) is 0 Å². The van der Waals surface area contributed by atoms with Gasteiger partial charge >= 0.3 is 0 Å². The number of nitrogens with zero attached hydrogens (tertiary/aromatic N) is 2. The lowest BCUT2D eigenvalue weighted by Crippen LogP contribution is -2.43. The van der Waals surface area contributed by atoms with Gasteiger partial charge in [0.2, 0.25) is 11.6 Å². The van der Waals surface area contributed by atoms with Crippen LogP contribution in [0.4, 0.5) is 11.4 Å². The number of ketones is 2. The van der Waals surface area contributed by atoms with E-state index >= 15 is 0 Å². The lowest BCUT2D eigenvalue weighted by Gasteiger charge is -2.29. The number of benzene rings is 2. The van der Waals surface area contributed by atoms with Crippen LogP contribution in [-0.2, 0) is 0 Å². The first kappa shape index (κ1) is 35.3. The molecule has 0 saturated carbocycles. The second-order valence-electron chi connectivity index (χ2n) is 9.28. The molecule has 4 unspecified atom stereocenters. The number of aliphatic hydroxyl groups is 4. The smallest absolute Gasteiger partial charge is 0.200 e. The summed E-state index contributed by atoms with van der Waals surface area (Å²) in [6.07, 6.45) is -3.68. The third-order valence-corrected chi connectivity index (χ3v) is 6.57. The fourth-order valence-corrected chi connectivity index (χ4v) is 4.67. The SMILES string of the molecule is CC(O)N(CCNc1ccc(NCCN(C(C)O)C(C)O)c2c1C(=O)c1c(O)ccc(O)c1C2=O)C(C)O.Cl.Cl. The van der Waals surface area contributed by atoms with Gasteiger partial charge in [0, 0.05) is 37.6 Å². The summed E-state index contributed by atoms with van der Waals surface area (Å²) in [5, 5.41) is 66.5. The van der Waals surface area contributed by atoms with E-state index in [9.17, 15) is 40.2 Å². The maximum atomic E-state index is 13.6. The summed E-state index contributed by atoms with van der Waals surface area (Å²) in [5.41, 5.74) is -0.0155. The number of hydrogen-bond acceptors (Lipinski definition) is 12. The number of phenols is 2. The average molecular weight is 606 g/mol. The summed E-state index contributed by atoms with van der Waals surface area (Å²) in [6, 6.07) is 5.47. The van der Waals surface area contributed by atoms with Gasteiger partial charge in [-0.3, -0.25) is 19.4 Å². The van der Waals surface area contributed by atoms with Crippen LogP contribution < -0.4 is 10.6 Å². The van der Waals surface area contributed by atoms with Crippen molar-refractivity contribution in [1.82, 2.24) is 9.80 Å². The standard InChI is InChI=1S/C26H36N4O8.2ClH/c1-13(31)29(14(2)32)11-9-27-17-5-6-18(28-10-12-30(15(3)33)16(4)34)22-21(17)25(37)23-19(35)7-8-20(36)24(23)26(22)38;;/h5-8,13-16,27-28,31-36H,9-12H2,1-4H3;2*1H. The van der Waals surface area contributed by atoms with Crippen molar-refractivity contribution in [2.75, 3.05) is 36.8 Å². The molecule has 40 heavy (non-hydrogen) atoms. The molecule has 0 aliphatic heterocycles. The van der Waals surface area contributed by atoms with Crippen LogP contribution in [0.1, 0.15) is 59.5 Å². The molecule has 0 amide bonds. The normalized spacial score (nSPS) is 15.3. The fourth-order valence-electron chi connectivity index (χ4n) is 4.67. The molecular weight excluding hydrogens is 567 g/mol. The van der Waals surface area contributed by atoms with Crippen LogP contribution in [0.15, 0.2) is 24.3 Å². The minimum absolute atomic E-state index is 0. The van der Waals surface area contributed by atoms with Crippen LogP contribution in [0, 0.1) is 0 Å². The molecule has 0 fully saturated rings. The second-order valence-corrected chi connectivity index (χ2v) is 9.28. The van der Waals surface area contributed by atoms with Crippen molar-refractivity contribution in [3.63, 3.8) is 0 Å². The average Bonchev–Trinajstić information content (AvgIpc) is 2.83. The Hall–Kier alpha value is -2.68. The predicted molar refractivity (Wildman–Crippen MR) is 155 cm³/mol. The Morgan fingerprint density at radius 1 is 0.600 bits per heavy atom. The minimum Gasteiger partial charge on any atom is -0.507 e. The highest BCUT2D eigenvalue weighted by Crippen LogP contribution is 2.42. The second kappa shape index (κ2) is 14.8. The van der Waals surface area contributed by atoms with Crippen molar-refractivity contribution in [2.45, 2.75) is 52.6 Å². The van der Waals surface area contributed by atoms with Gasteiger partial charge in [0.15, 0.2) is 0 Å². The van der Waals surface area contributed by atoms with E-state index in [-0.39, 0.29) is 73.2 Å². The number of fused-ring (bicyclic) bond motifs is 2. The highest BCUT2D eigenvalue weighted by Gasteiger charge is 2.38. The van der Waals surface area contributed by atoms with E-state index in [2.05, 4.69) is 10.6 Å². The maximum Gasteiger partial charge on any atom is 0.200 e. The number of rotatable bonds is 12. The molecule has 1 aliphatic carbocycles. The molecule has 0 bridgehead atoms. The van der Waals surface area contributed by atoms with Crippen LogP contribution in [0.5, 0.6) is 11.5 Å². The first-order valence-corrected chi connectivity index (χ1v) is 12.4. The third kappa shape index (κ3) is 7.33. The van der Waals surface area contributed by atoms with Crippen LogP contribution in [-0.4, -0.2) is 103 Å². The quantitative estimate of drug-likeness (QED) is 0.110. The van der Waals surface area contributed by atoms with Crippen molar-refractivity contribution < 1.29 is 40.2 Å². The summed E-state index contributed by atoms with van der Waals surface area (Å²) >= 11 is 0.